The number of carbonyl (C=O) groups excluding carboxylic acids is 2. The van der Waals surface area contributed by atoms with Crippen LogP contribution in [0.2, 0.25) is 0 Å². The van der Waals surface area contributed by atoms with Crippen LogP contribution < -0.4 is 10.6 Å². The Balaban J connectivity index is 3.39. The van der Waals surface area contributed by atoms with E-state index in [4.69, 9.17) is 0 Å². The van der Waals surface area contributed by atoms with Crippen molar-refractivity contribution in [2.24, 2.45) is 0 Å². The van der Waals surface area contributed by atoms with Crippen molar-refractivity contribution in [1.82, 2.24) is 10.6 Å². The number of nitrogens with one attached hydrogen (secondary N) is 2. The summed E-state index contributed by atoms with van der Waals surface area (Å²) in [4.78, 5) is 21.3. The summed E-state index contributed by atoms with van der Waals surface area (Å²) in [7, 11) is 0. The first kappa shape index (κ1) is 11.5. The van der Waals surface area contributed by atoms with Crippen LogP contribution in [0.1, 0.15) is 20.3 Å². The highest BCUT2D eigenvalue weighted by molar-refractivity contribution is 5.83. The molecule has 4 heteroatoms. The molecule has 0 rings (SSSR count). The van der Waals surface area contributed by atoms with Crippen LogP contribution in [0.15, 0.2) is 0 Å². The van der Waals surface area contributed by atoms with E-state index in [0.29, 0.717) is 13.0 Å². The van der Waals surface area contributed by atoms with Crippen LogP contribution in [0.3, 0.4) is 0 Å². The van der Waals surface area contributed by atoms with Gasteiger partial charge in [0.1, 0.15) is 0 Å². The van der Waals surface area contributed by atoms with Crippen molar-refractivity contribution in [3.8, 4) is 11.8 Å². The molecule has 0 bridgehead atoms. The Morgan fingerprint density at radius 3 is 2.54 bits per heavy atom. The number of hydrogen-bond acceptors (Lipinski definition) is 2. The number of rotatable bonds is 4. The van der Waals surface area contributed by atoms with Crippen LogP contribution in [-0.2, 0) is 9.59 Å². The molecule has 0 aliphatic rings. The van der Waals surface area contributed by atoms with Gasteiger partial charge < -0.3 is 10.6 Å². The molecule has 0 saturated heterocycles. The van der Waals surface area contributed by atoms with E-state index in [2.05, 4.69) is 22.5 Å². The Kier molecular flexibility index (Phi) is 6.34. The molecule has 0 aromatic rings. The van der Waals surface area contributed by atoms with Crippen LogP contribution in [0.4, 0.5) is 0 Å². The summed E-state index contributed by atoms with van der Waals surface area (Å²) in [5, 5.41) is 5.02. The van der Waals surface area contributed by atoms with Gasteiger partial charge in [0.15, 0.2) is 0 Å². The molecule has 0 fully saturated rings. The Hall–Kier alpha value is -1.50. The third-order valence-electron chi connectivity index (χ3n) is 1.25. The minimum absolute atomic E-state index is 0.0366. The van der Waals surface area contributed by atoms with Gasteiger partial charge in [-0.05, 0) is 6.92 Å². The molecule has 2 amide bonds. The molecule has 13 heavy (non-hydrogen) atoms. The summed E-state index contributed by atoms with van der Waals surface area (Å²) < 4.78 is 0. The highest BCUT2D eigenvalue weighted by atomic mass is 16.2. The molecule has 0 heterocycles. The van der Waals surface area contributed by atoms with Crippen LogP contribution in [0.25, 0.3) is 0 Å². The second-order valence-corrected chi connectivity index (χ2v) is 2.44. The molecule has 0 atom stereocenters. The van der Waals surface area contributed by atoms with Crippen molar-refractivity contribution >= 4 is 11.8 Å². The van der Waals surface area contributed by atoms with Gasteiger partial charge in [0, 0.05) is 19.9 Å². The van der Waals surface area contributed by atoms with Gasteiger partial charge in [0.2, 0.25) is 11.8 Å². The number of hydrogen-bond donors (Lipinski definition) is 2. The standard InChI is InChI=1S/C9H14N2O2/c1-3-4-5-6-10-9(13)7-11-8(2)12/h5-7H2,1-2H3,(H,10,13)(H,11,12). The fourth-order valence-corrected chi connectivity index (χ4v) is 0.657. The SMILES string of the molecule is CC#CCCNC(=O)CNC(C)=O. The minimum Gasteiger partial charge on any atom is -0.354 e. The lowest BCUT2D eigenvalue weighted by atomic mass is 10.4. The minimum atomic E-state index is -0.205. The van der Waals surface area contributed by atoms with Gasteiger partial charge in [-0.15, -0.1) is 11.8 Å². The predicted molar refractivity (Wildman–Crippen MR) is 49.8 cm³/mol. The maximum Gasteiger partial charge on any atom is 0.239 e. The highest BCUT2D eigenvalue weighted by Crippen LogP contribution is 1.72. The fraction of sp³-hybridized carbons (Fsp3) is 0.556. The molecule has 0 unspecified atom stereocenters. The van der Waals surface area contributed by atoms with Gasteiger partial charge in [-0.3, -0.25) is 9.59 Å². The van der Waals surface area contributed by atoms with E-state index >= 15 is 0 Å². The quantitative estimate of drug-likeness (QED) is 0.461. The molecule has 0 aliphatic carbocycles. The summed E-state index contributed by atoms with van der Waals surface area (Å²) in [6, 6.07) is 0. The van der Waals surface area contributed by atoms with Crippen molar-refractivity contribution in [2.45, 2.75) is 20.3 Å². The Labute approximate surface area is 78.1 Å². The molecule has 4 nitrogen and oxygen atoms in total. The lowest BCUT2D eigenvalue weighted by molar-refractivity contribution is -0.124. The maximum atomic E-state index is 10.9. The van der Waals surface area contributed by atoms with Gasteiger partial charge >= 0.3 is 0 Å². The van der Waals surface area contributed by atoms with Crippen LogP contribution in [0.5, 0.6) is 0 Å². The average Bonchev–Trinajstić information content (AvgIpc) is 2.09. The monoisotopic (exact) mass is 182 g/mol. The van der Waals surface area contributed by atoms with Crippen molar-refractivity contribution in [1.29, 1.82) is 0 Å². The van der Waals surface area contributed by atoms with E-state index in [9.17, 15) is 9.59 Å². The first-order valence-electron chi connectivity index (χ1n) is 4.07. The Bertz CT molecular complexity index is 238. The van der Waals surface area contributed by atoms with Gasteiger partial charge in [0.05, 0.1) is 6.54 Å². The average molecular weight is 182 g/mol. The molecule has 0 spiro atoms. The molecule has 0 aromatic heterocycles. The summed E-state index contributed by atoms with van der Waals surface area (Å²) >= 11 is 0. The van der Waals surface area contributed by atoms with Gasteiger partial charge in [0.25, 0.3) is 0 Å². The Morgan fingerprint density at radius 2 is 2.00 bits per heavy atom. The van der Waals surface area contributed by atoms with E-state index in [1.54, 1.807) is 6.92 Å². The summed E-state index contributed by atoms with van der Waals surface area (Å²) in [5.41, 5.74) is 0. The number of carbonyl (C=O) groups is 2. The molecular formula is C9H14N2O2. The zero-order valence-corrected chi connectivity index (χ0v) is 7.94. The normalized spacial score (nSPS) is 8.15. The molecule has 72 valence electrons. The van der Waals surface area contributed by atoms with Crippen molar-refractivity contribution < 1.29 is 9.59 Å². The zero-order chi connectivity index (χ0) is 10.1. The van der Waals surface area contributed by atoms with Crippen LogP contribution in [-0.4, -0.2) is 24.9 Å². The summed E-state index contributed by atoms with van der Waals surface area (Å²) in [6.45, 7) is 3.68. The number of amides is 2. The first-order valence-corrected chi connectivity index (χ1v) is 4.07. The summed E-state index contributed by atoms with van der Waals surface area (Å²) in [5.74, 6) is 5.15. The fourth-order valence-electron chi connectivity index (χ4n) is 0.657. The topological polar surface area (TPSA) is 58.2 Å². The zero-order valence-electron chi connectivity index (χ0n) is 7.94. The second kappa shape index (κ2) is 7.17. The van der Waals surface area contributed by atoms with Crippen molar-refractivity contribution in [3.05, 3.63) is 0 Å². The van der Waals surface area contributed by atoms with Crippen molar-refractivity contribution in [3.63, 3.8) is 0 Å². The molecule has 0 aliphatic heterocycles. The Morgan fingerprint density at radius 1 is 1.31 bits per heavy atom. The van der Waals surface area contributed by atoms with Crippen LogP contribution in [0, 0.1) is 11.8 Å². The maximum absolute atomic E-state index is 10.9. The first-order chi connectivity index (χ1) is 6.16. The largest absolute Gasteiger partial charge is 0.354 e. The molecule has 2 N–H and O–H groups in total. The van der Waals surface area contributed by atoms with E-state index in [0.717, 1.165) is 0 Å². The molecule has 0 saturated carbocycles. The van der Waals surface area contributed by atoms with Gasteiger partial charge in [-0.1, -0.05) is 0 Å². The van der Waals surface area contributed by atoms with Gasteiger partial charge in [-0.25, -0.2) is 0 Å². The highest BCUT2D eigenvalue weighted by Gasteiger charge is 1.99. The van der Waals surface area contributed by atoms with E-state index in [1.165, 1.54) is 6.92 Å². The molecule has 0 aromatic carbocycles. The molecule has 0 radical (unpaired) electrons. The van der Waals surface area contributed by atoms with E-state index in [1.807, 2.05) is 0 Å². The predicted octanol–water partition coefficient (Wildman–Crippen LogP) is -0.348. The van der Waals surface area contributed by atoms with Crippen LogP contribution >= 0.6 is 0 Å². The van der Waals surface area contributed by atoms with E-state index < -0.39 is 0 Å². The second-order valence-electron chi connectivity index (χ2n) is 2.44. The lowest BCUT2D eigenvalue weighted by Crippen LogP contribution is -2.36. The smallest absolute Gasteiger partial charge is 0.239 e. The third-order valence-corrected chi connectivity index (χ3v) is 1.25. The summed E-state index contributed by atoms with van der Waals surface area (Å²) in [6.07, 6.45) is 0.641. The van der Waals surface area contributed by atoms with E-state index in [-0.39, 0.29) is 18.4 Å². The van der Waals surface area contributed by atoms with Gasteiger partial charge in [-0.2, -0.15) is 0 Å². The molecular weight excluding hydrogens is 168 g/mol. The van der Waals surface area contributed by atoms with Crippen molar-refractivity contribution in [2.75, 3.05) is 13.1 Å². The third kappa shape index (κ3) is 8.41. The lowest BCUT2D eigenvalue weighted by Gasteiger charge is -2.02.